The molecule has 0 aliphatic rings. The number of carbonyl (C=O) groups is 2. The van der Waals surface area contributed by atoms with Gasteiger partial charge in [0.15, 0.2) is 0 Å². The van der Waals surface area contributed by atoms with Crippen molar-refractivity contribution < 1.29 is 9.59 Å². The molecule has 0 aliphatic heterocycles. The fourth-order valence-corrected chi connectivity index (χ4v) is 3.55. The van der Waals surface area contributed by atoms with Gasteiger partial charge in [0.2, 0.25) is 11.8 Å². The lowest BCUT2D eigenvalue weighted by atomic mass is 10.2. The van der Waals surface area contributed by atoms with Crippen LogP contribution in [-0.4, -0.2) is 61.9 Å². The highest BCUT2D eigenvalue weighted by atomic mass is 16.2. The topological polar surface area (TPSA) is 64.7 Å². The molecule has 32 heavy (non-hydrogen) atoms. The molecule has 0 saturated heterocycles. The molecule has 0 bridgehead atoms. The minimum absolute atomic E-state index is 0.0288. The first-order valence-electron chi connectivity index (χ1n) is 12.5. The number of para-hydroxylation sites is 2. The summed E-state index contributed by atoms with van der Waals surface area (Å²) in [5.74, 6) is -0.0576. The van der Waals surface area contributed by atoms with Crippen LogP contribution in [0.2, 0.25) is 0 Å². The van der Waals surface area contributed by atoms with Crippen molar-refractivity contribution in [2.24, 2.45) is 0 Å². The van der Waals surface area contributed by atoms with Crippen molar-refractivity contribution in [3.05, 3.63) is 24.3 Å². The van der Waals surface area contributed by atoms with E-state index in [1.807, 2.05) is 24.3 Å². The van der Waals surface area contributed by atoms with Crippen LogP contribution in [-0.2, 0) is 9.59 Å². The van der Waals surface area contributed by atoms with Crippen LogP contribution < -0.4 is 10.6 Å². The summed E-state index contributed by atoms with van der Waals surface area (Å²) in [5.41, 5.74) is 1.31. The molecule has 1 rings (SSSR count). The van der Waals surface area contributed by atoms with Crippen LogP contribution >= 0.6 is 0 Å². The molecule has 0 unspecified atom stereocenters. The summed E-state index contributed by atoms with van der Waals surface area (Å²) < 4.78 is 0. The zero-order chi connectivity index (χ0) is 23.6. The van der Waals surface area contributed by atoms with Gasteiger partial charge in [-0.25, -0.2) is 0 Å². The highest BCUT2D eigenvalue weighted by Gasteiger charge is 2.11. The van der Waals surface area contributed by atoms with Gasteiger partial charge in [-0.15, -0.1) is 0 Å². The summed E-state index contributed by atoms with van der Waals surface area (Å²) in [6.45, 7) is 7.93. The zero-order valence-corrected chi connectivity index (χ0v) is 20.9. The molecule has 182 valence electrons. The Kier molecular flexibility index (Phi) is 15.5. The third-order valence-electron chi connectivity index (χ3n) is 5.70. The van der Waals surface area contributed by atoms with Gasteiger partial charge in [0.1, 0.15) is 0 Å². The lowest BCUT2D eigenvalue weighted by Crippen LogP contribution is -2.26. The molecule has 0 spiro atoms. The third-order valence-corrected chi connectivity index (χ3v) is 5.70. The van der Waals surface area contributed by atoms with Gasteiger partial charge >= 0.3 is 0 Å². The van der Waals surface area contributed by atoms with Gasteiger partial charge in [-0.3, -0.25) is 9.59 Å². The summed E-state index contributed by atoms with van der Waals surface area (Å²) in [6, 6.07) is 7.41. The molecule has 2 amide bonds. The van der Waals surface area contributed by atoms with Gasteiger partial charge in [0, 0.05) is 25.9 Å². The van der Waals surface area contributed by atoms with Crippen molar-refractivity contribution >= 4 is 23.2 Å². The molecular weight excluding hydrogens is 400 g/mol. The Balaban J connectivity index is 2.39. The van der Waals surface area contributed by atoms with E-state index in [0.717, 1.165) is 26.2 Å². The van der Waals surface area contributed by atoms with E-state index in [1.54, 1.807) is 0 Å². The van der Waals surface area contributed by atoms with Gasteiger partial charge in [0.05, 0.1) is 11.4 Å². The predicted molar refractivity (Wildman–Crippen MR) is 136 cm³/mol. The Morgan fingerprint density at radius 1 is 0.656 bits per heavy atom. The van der Waals surface area contributed by atoms with Crippen LogP contribution in [0, 0.1) is 0 Å². The molecule has 6 heteroatoms. The molecular formula is C26H46N4O2. The Morgan fingerprint density at radius 2 is 1.06 bits per heavy atom. The van der Waals surface area contributed by atoms with Crippen LogP contribution in [0.15, 0.2) is 24.3 Å². The van der Waals surface area contributed by atoms with Gasteiger partial charge in [-0.05, 0) is 52.2 Å². The minimum atomic E-state index is -0.0288. The van der Waals surface area contributed by atoms with Gasteiger partial charge in [-0.2, -0.15) is 0 Å². The van der Waals surface area contributed by atoms with Crippen molar-refractivity contribution in [3.63, 3.8) is 0 Å². The van der Waals surface area contributed by atoms with Gasteiger partial charge in [-0.1, -0.05) is 64.5 Å². The van der Waals surface area contributed by atoms with Crippen LogP contribution in [0.1, 0.15) is 78.1 Å². The second-order valence-electron chi connectivity index (χ2n) is 8.87. The second-order valence-corrected chi connectivity index (χ2v) is 8.87. The van der Waals surface area contributed by atoms with Crippen molar-refractivity contribution in [1.82, 2.24) is 9.80 Å². The first-order chi connectivity index (χ1) is 15.5. The molecule has 1 aromatic carbocycles. The van der Waals surface area contributed by atoms with Crippen molar-refractivity contribution in [2.45, 2.75) is 78.1 Å². The molecule has 2 N–H and O–H groups in total. The number of unbranched alkanes of at least 4 members (excludes halogenated alkanes) is 6. The highest BCUT2D eigenvalue weighted by Crippen LogP contribution is 2.21. The highest BCUT2D eigenvalue weighted by molar-refractivity contribution is 5.99. The Hall–Kier alpha value is -1.92. The lowest BCUT2D eigenvalue weighted by molar-refractivity contribution is -0.117. The summed E-state index contributed by atoms with van der Waals surface area (Å²) in [4.78, 5) is 29.3. The van der Waals surface area contributed by atoms with Crippen LogP contribution in [0.25, 0.3) is 0 Å². The number of benzene rings is 1. The second kappa shape index (κ2) is 17.6. The largest absolute Gasteiger partial charge is 0.324 e. The quantitative estimate of drug-likeness (QED) is 0.298. The number of hydrogen-bond donors (Lipinski definition) is 2. The summed E-state index contributed by atoms with van der Waals surface area (Å²) in [7, 11) is 4.13. The fourth-order valence-electron chi connectivity index (χ4n) is 3.55. The molecule has 0 fully saturated rings. The zero-order valence-electron chi connectivity index (χ0n) is 20.9. The van der Waals surface area contributed by atoms with E-state index in [2.05, 4.69) is 48.4 Å². The number of anilines is 2. The normalized spacial score (nSPS) is 11.2. The molecule has 6 nitrogen and oxygen atoms in total. The van der Waals surface area contributed by atoms with Crippen LogP contribution in [0.3, 0.4) is 0 Å². The molecule has 0 saturated carbocycles. The monoisotopic (exact) mass is 446 g/mol. The van der Waals surface area contributed by atoms with Crippen molar-refractivity contribution in [2.75, 3.05) is 50.9 Å². The van der Waals surface area contributed by atoms with E-state index in [9.17, 15) is 9.59 Å². The van der Waals surface area contributed by atoms with E-state index >= 15 is 0 Å². The summed E-state index contributed by atoms with van der Waals surface area (Å²) in [5, 5.41) is 5.92. The molecule has 1 aromatic rings. The molecule has 0 aromatic heterocycles. The number of nitrogens with zero attached hydrogens (tertiary/aromatic N) is 2. The number of carbonyl (C=O) groups excluding carboxylic acids is 2. The summed E-state index contributed by atoms with van der Waals surface area (Å²) in [6.07, 6.45) is 10.7. The Labute approximate surface area is 196 Å². The number of nitrogens with one attached hydrogen (secondary N) is 2. The maximum absolute atomic E-state index is 12.4. The number of amides is 2. The Bertz CT molecular complexity index is 595. The predicted octanol–water partition coefficient (Wildman–Crippen LogP) is 5.37. The Morgan fingerprint density at radius 3 is 1.44 bits per heavy atom. The number of rotatable bonds is 18. The van der Waals surface area contributed by atoms with E-state index < -0.39 is 0 Å². The maximum Gasteiger partial charge on any atom is 0.225 e. The third kappa shape index (κ3) is 13.5. The maximum atomic E-state index is 12.4. The van der Waals surface area contributed by atoms with E-state index in [4.69, 9.17) is 0 Å². The average Bonchev–Trinajstić information content (AvgIpc) is 2.78. The van der Waals surface area contributed by atoms with Crippen molar-refractivity contribution in [3.8, 4) is 0 Å². The van der Waals surface area contributed by atoms with E-state index in [-0.39, 0.29) is 11.8 Å². The molecule has 0 atom stereocenters. The average molecular weight is 447 g/mol. The first-order valence-corrected chi connectivity index (χ1v) is 12.5. The fraction of sp³-hybridized carbons (Fsp3) is 0.692. The van der Waals surface area contributed by atoms with E-state index in [1.165, 1.54) is 51.4 Å². The summed E-state index contributed by atoms with van der Waals surface area (Å²) >= 11 is 0. The van der Waals surface area contributed by atoms with Crippen LogP contribution in [0.4, 0.5) is 11.4 Å². The van der Waals surface area contributed by atoms with E-state index in [0.29, 0.717) is 24.2 Å². The van der Waals surface area contributed by atoms with Gasteiger partial charge < -0.3 is 20.4 Å². The lowest BCUT2D eigenvalue weighted by Gasteiger charge is -2.18. The minimum Gasteiger partial charge on any atom is -0.324 e. The molecule has 0 radical (unpaired) electrons. The van der Waals surface area contributed by atoms with Crippen molar-refractivity contribution in [1.29, 1.82) is 0 Å². The molecule has 0 heterocycles. The first kappa shape index (κ1) is 28.1. The number of hydrogen-bond acceptors (Lipinski definition) is 4. The smallest absolute Gasteiger partial charge is 0.225 e. The van der Waals surface area contributed by atoms with Gasteiger partial charge in [0.25, 0.3) is 0 Å². The standard InChI is InChI=1S/C26H46N4O2/c1-5-7-9-13-19-29(3)21-17-25(31)27-23-15-11-12-16-24(23)28-26(32)18-22-30(4)20-14-10-8-6-2/h11-12,15-16H,5-10,13-14,17-22H2,1-4H3,(H,27,31)(H,28,32). The SMILES string of the molecule is CCCCCCN(C)CCC(=O)Nc1ccccc1NC(=O)CCN(C)CCCCCC. The van der Waals surface area contributed by atoms with Crippen LogP contribution in [0.5, 0.6) is 0 Å². The molecule has 0 aliphatic carbocycles.